The SMILES string of the molecule is CCCC(=O)N(c1ccc(-c2ccc(C(=O)NCc3cccnc3)o2)cc1)C(C)c1nc2ccccc2[nH]1. The fourth-order valence-corrected chi connectivity index (χ4v) is 4.38. The second-order valence-electron chi connectivity index (χ2n) is 9.08. The van der Waals surface area contributed by atoms with Crippen LogP contribution in [0, 0.1) is 0 Å². The lowest BCUT2D eigenvalue weighted by Crippen LogP contribution is -2.33. The highest BCUT2D eigenvalue weighted by molar-refractivity contribution is 5.94. The zero-order valence-corrected chi connectivity index (χ0v) is 21.3. The van der Waals surface area contributed by atoms with Gasteiger partial charge in [0, 0.05) is 36.6 Å². The smallest absolute Gasteiger partial charge is 0.287 e. The van der Waals surface area contributed by atoms with E-state index in [4.69, 9.17) is 9.40 Å². The highest BCUT2D eigenvalue weighted by Gasteiger charge is 2.25. The number of anilines is 1. The number of pyridine rings is 1. The van der Waals surface area contributed by atoms with Crippen molar-refractivity contribution < 1.29 is 14.0 Å². The van der Waals surface area contributed by atoms with E-state index in [2.05, 4.69) is 15.3 Å². The Morgan fingerprint density at radius 2 is 1.84 bits per heavy atom. The van der Waals surface area contributed by atoms with E-state index in [1.54, 1.807) is 29.4 Å². The molecule has 8 heteroatoms. The molecule has 3 heterocycles. The molecule has 0 radical (unpaired) electrons. The third kappa shape index (κ3) is 5.34. The number of carbonyl (C=O) groups excluding carboxylic acids is 2. The highest BCUT2D eigenvalue weighted by atomic mass is 16.3. The zero-order chi connectivity index (χ0) is 26.5. The Labute approximate surface area is 220 Å². The molecule has 5 aromatic rings. The minimum absolute atomic E-state index is 0.0266. The summed E-state index contributed by atoms with van der Waals surface area (Å²) in [6.07, 6.45) is 4.58. The van der Waals surface area contributed by atoms with E-state index in [1.807, 2.05) is 74.5 Å². The van der Waals surface area contributed by atoms with Gasteiger partial charge in [0.2, 0.25) is 5.91 Å². The Balaban J connectivity index is 1.34. The molecule has 0 saturated carbocycles. The van der Waals surface area contributed by atoms with Gasteiger partial charge in [0.15, 0.2) is 5.76 Å². The van der Waals surface area contributed by atoms with Crippen LogP contribution in [-0.4, -0.2) is 26.8 Å². The first-order valence-corrected chi connectivity index (χ1v) is 12.7. The van der Waals surface area contributed by atoms with Crippen molar-refractivity contribution in [3.05, 3.63) is 102 Å². The molecule has 0 spiro atoms. The van der Waals surface area contributed by atoms with Crippen LogP contribution in [0.25, 0.3) is 22.4 Å². The van der Waals surface area contributed by atoms with Crippen LogP contribution in [0.1, 0.15) is 54.7 Å². The van der Waals surface area contributed by atoms with Crippen LogP contribution in [0.15, 0.2) is 89.6 Å². The lowest BCUT2D eigenvalue weighted by Gasteiger charge is -2.28. The maximum atomic E-state index is 13.2. The van der Waals surface area contributed by atoms with Crippen LogP contribution in [0.3, 0.4) is 0 Å². The number of amides is 2. The van der Waals surface area contributed by atoms with E-state index in [0.29, 0.717) is 18.7 Å². The Morgan fingerprint density at radius 3 is 2.58 bits per heavy atom. The number of aromatic amines is 1. The number of imidazole rings is 1. The zero-order valence-electron chi connectivity index (χ0n) is 21.3. The molecule has 5 rings (SSSR count). The second kappa shape index (κ2) is 11.1. The maximum Gasteiger partial charge on any atom is 0.287 e. The third-order valence-corrected chi connectivity index (χ3v) is 6.36. The minimum atomic E-state index is -0.298. The molecule has 8 nitrogen and oxygen atoms in total. The summed E-state index contributed by atoms with van der Waals surface area (Å²) < 4.78 is 5.83. The van der Waals surface area contributed by atoms with Gasteiger partial charge in [-0.25, -0.2) is 4.98 Å². The molecule has 0 bridgehead atoms. The number of hydrogen-bond donors (Lipinski definition) is 2. The fraction of sp³-hybridized carbons (Fsp3) is 0.200. The normalized spacial score (nSPS) is 11.8. The summed E-state index contributed by atoms with van der Waals surface area (Å²) in [5.74, 6) is 1.25. The number of H-pyrrole nitrogens is 1. The van der Waals surface area contributed by atoms with E-state index in [9.17, 15) is 9.59 Å². The quantitative estimate of drug-likeness (QED) is 0.253. The number of nitrogens with one attached hydrogen (secondary N) is 2. The topological polar surface area (TPSA) is 104 Å². The van der Waals surface area contributed by atoms with Crippen molar-refractivity contribution in [1.82, 2.24) is 20.3 Å². The monoisotopic (exact) mass is 507 g/mol. The van der Waals surface area contributed by atoms with Crippen LogP contribution in [0.5, 0.6) is 0 Å². The van der Waals surface area contributed by atoms with E-state index in [1.165, 1.54) is 0 Å². The average Bonchev–Trinajstić information content (AvgIpc) is 3.61. The number of benzene rings is 2. The predicted molar refractivity (Wildman–Crippen MR) is 146 cm³/mol. The van der Waals surface area contributed by atoms with E-state index in [0.717, 1.165) is 40.1 Å². The molecule has 2 amide bonds. The Morgan fingerprint density at radius 1 is 1.03 bits per heavy atom. The second-order valence-corrected chi connectivity index (χ2v) is 9.08. The van der Waals surface area contributed by atoms with Crippen molar-refractivity contribution in [2.45, 2.75) is 39.3 Å². The summed E-state index contributed by atoms with van der Waals surface area (Å²) in [5.41, 5.74) is 4.28. The molecule has 2 aromatic carbocycles. The summed E-state index contributed by atoms with van der Waals surface area (Å²) in [5, 5.41) is 2.84. The molecule has 192 valence electrons. The van der Waals surface area contributed by atoms with Crippen LogP contribution in [0.4, 0.5) is 5.69 Å². The van der Waals surface area contributed by atoms with Crippen molar-refractivity contribution in [3.63, 3.8) is 0 Å². The molecular weight excluding hydrogens is 478 g/mol. The number of carbonyl (C=O) groups is 2. The molecule has 0 aliphatic rings. The van der Waals surface area contributed by atoms with Crippen LogP contribution >= 0.6 is 0 Å². The van der Waals surface area contributed by atoms with Gasteiger partial charge in [-0.05, 0) is 73.5 Å². The van der Waals surface area contributed by atoms with E-state index in [-0.39, 0.29) is 23.6 Å². The predicted octanol–water partition coefficient (Wildman–Crippen LogP) is 6.04. The van der Waals surface area contributed by atoms with Gasteiger partial charge >= 0.3 is 0 Å². The molecule has 1 atom stereocenters. The molecular formula is C30H29N5O3. The number of fused-ring (bicyclic) bond motifs is 1. The first-order valence-electron chi connectivity index (χ1n) is 12.7. The van der Waals surface area contributed by atoms with Gasteiger partial charge < -0.3 is 19.6 Å². The molecule has 1 unspecified atom stereocenters. The highest BCUT2D eigenvalue weighted by Crippen LogP contribution is 2.31. The number of nitrogens with zero attached hydrogens (tertiary/aromatic N) is 3. The Kier molecular flexibility index (Phi) is 7.31. The van der Waals surface area contributed by atoms with Crippen molar-refractivity contribution >= 4 is 28.5 Å². The molecule has 0 aliphatic heterocycles. The van der Waals surface area contributed by atoms with Crippen LogP contribution in [-0.2, 0) is 11.3 Å². The number of hydrogen-bond acceptors (Lipinski definition) is 5. The number of aromatic nitrogens is 3. The van der Waals surface area contributed by atoms with E-state index >= 15 is 0 Å². The first kappa shape index (κ1) is 25.0. The fourth-order valence-electron chi connectivity index (χ4n) is 4.38. The van der Waals surface area contributed by atoms with Gasteiger partial charge in [-0.1, -0.05) is 25.1 Å². The van der Waals surface area contributed by atoms with Gasteiger partial charge in [-0.15, -0.1) is 0 Å². The summed E-state index contributed by atoms with van der Waals surface area (Å²) in [6.45, 7) is 4.33. The first-order chi connectivity index (χ1) is 18.5. The summed E-state index contributed by atoms with van der Waals surface area (Å²) in [7, 11) is 0. The Hall–Kier alpha value is -4.72. The number of rotatable bonds is 9. The summed E-state index contributed by atoms with van der Waals surface area (Å²) in [4.78, 5) is 39.6. The molecule has 3 aromatic heterocycles. The Bertz CT molecular complexity index is 1510. The number of para-hydroxylation sites is 2. The average molecular weight is 508 g/mol. The van der Waals surface area contributed by atoms with Crippen molar-refractivity contribution in [3.8, 4) is 11.3 Å². The van der Waals surface area contributed by atoms with Gasteiger partial charge in [0.05, 0.1) is 17.1 Å². The van der Waals surface area contributed by atoms with Gasteiger partial charge in [-0.3, -0.25) is 14.6 Å². The van der Waals surface area contributed by atoms with Crippen molar-refractivity contribution in [2.24, 2.45) is 0 Å². The van der Waals surface area contributed by atoms with Gasteiger partial charge in [0.1, 0.15) is 11.6 Å². The lowest BCUT2D eigenvalue weighted by molar-refractivity contribution is -0.119. The van der Waals surface area contributed by atoms with Crippen LogP contribution in [0.2, 0.25) is 0 Å². The minimum Gasteiger partial charge on any atom is -0.451 e. The van der Waals surface area contributed by atoms with Crippen molar-refractivity contribution in [2.75, 3.05) is 4.90 Å². The lowest BCUT2D eigenvalue weighted by atomic mass is 10.1. The largest absolute Gasteiger partial charge is 0.451 e. The number of furan rings is 1. The molecule has 0 aliphatic carbocycles. The van der Waals surface area contributed by atoms with Gasteiger partial charge in [-0.2, -0.15) is 0 Å². The summed E-state index contributed by atoms with van der Waals surface area (Å²) in [6, 6.07) is 22.3. The van der Waals surface area contributed by atoms with E-state index < -0.39 is 0 Å². The summed E-state index contributed by atoms with van der Waals surface area (Å²) >= 11 is 0. The van der Waals surface area contributed by atoms with Crippen LogP contribution < -0.4 is 10.2 Å². The van der Waals surface area contributed by atoms with Gasteiger partial charge in [0.25, 0.3) is 5.91 Å². The molecule has 0 fully saturated rings. The molecule has 2 N–H and O–H groups in total. The third-order valence-electron chi connectivity index (χ3n) is 6.36. The standard InChI is InChI=1S/C30H29N5O3/c1-3-7-28(36)35(20(2)29-33-24-9-4-5-10-25(24)34-29)23-13-11-22(12-14-23)26-15-16-27(38-26)30(37)32-19-21-8-6-17-31-18-21/h4-6,8-18,20H,3,7,19H2,1-2H3,(H,32,37)(H,33,34). The molecule has 38 heavy (non-hydrogen) atoms. The van der Waals surface area contributed by atoms with Crippen molar-refractivity contribution in [1.29, 1.82) is 0 Å². The maximum absolute atomic E-state index is 13.2. The molecule has 0 saturated heterocycles.